The number of aromatic nitrogens is 3. The van der Waals surface area contributed by atoms with Crippen LogP contribution in [0.4, 0.5) is 0 Å². The molecule has 0 amide bonds. The highest BCUT2D eigenvalue weighted by Crippen LogP contribution is 2.29. The molecule has 1 atom stereocenters. The molecule has 0 saturated carbocycles. The summed E-state index contributed by atoms with van der Waals surface area (Å²) in [5, 5.41) is 8.53. The lowest BCUT2D eigenvalue weighted by Gasteiger charge is -2.39. The third kappa shape index (κ3) is 2.88. The normalized spacial score (nSPS) is 26.2. The first kappa shape index (κ1) is 14.0. The van der Waals surface area contributed by atoms with E-state index in [1.54, 1.807) is 0 Å². The molecular formula is C15H26N4O. The van der Waals surface area contributed by atoms with Crippen molar-refractivity contribution < 1.29 is 4.74 Å². The lowest BCUT2D eigenvalue weighted by Crippen LogP contribution is -2.45. The predicted molar refractivity (Wildman–Crippen MR) is 77.8 cm³/mol. The molecule has 0 unspecified atom stereocenters. The van der Waals surface area contributed by atoms with Crippen molar-refractivity contribution in [3.63, 3.8) is 0 Å². The first-order valence-corrected chi connectivity index (χ1v) is 7.97. The van der Waals surface area contributed by atoms with Gasteiger partial charge in [0.15, 0.2) is 0 Å². The second kappa shape index (κ2) is 6.22. The summed E-state index contributed by atoms with van der Waals surface area (Å²) < 4.78 is 7.72. The first-order chi connectivity index (χ1) is 9.75. The Morgan fingerprint density at radius 1 is 1.25 bits per heavy atom. The number of ether oxygens (including phenoxy) is 1. The molecule has 0 aromatic carbocycles. The fourth-order valence-electron chi connectivity index (χ4n) is 3.54. The SMILES string of the molecule is CC(C)n1cnnc1[C@H]1CCCN(C2CCOCC2)C1. The van der Waals surface area contributed by atoms with Crippen LogP contribution in [0.5, 0.6) is 0 Å². The van der Waals surface area contributed by atoms with Gasteiger partial charge in [0.05, 0.1) is 0 Å². The van der Waals surface area contributed by atoms with Gasteiger partial charge in [0, 0.05) is 37.8 Å². The Morgan fingerprint density at radius 2 is 2.05 bits per heavy atom. The molecule has 2 aliphatic rings. The second-order valence-corrected chi connectivity index (χ2v) is 6.37. The van der Waals surface area contributed by atoms with Crippen molar-refractivity contribution in [1.82, 2.24) is 19.7 Å². The van der Waals surface area contributed by atoms with E-state index in [9.17, 15) is 0 Å². The topological polar surface area (TPSA) is 43.2 Å². The lowest BCUT2D eigenvalue weighted by molar-refractivity contribution is 0.0232. The minimum atomic E-state index is 0.443. The molecule has 2 aliphatic heterocycles. The molecule has 5 heteroatoms. The Balaban J connectivity index is 1.69. The van der Waals surface area contributed by atoms with Gasteiger partial charge < -0.3 is 9.30 Å². The minimum absolute atomic E-state index is 0.443. The first-order valence-electron chi connectivity index (χ1n) is 7.97. The summed E-state index contributed by atoms with van der Waals surface area (Å²) in [6.45, 7) is 8.62. The Kier molecular flexibility index (Phi) is 4.36. The van der Waals surface area contributed by atoms with E-state index in [0.29, 0.717) is 18.0 Å². The maximum absolute atomic E-state index is 5.49. The van der Waals surface area contributed by atoms with Crippen LogP contribution >= 0.6 is 0 Å². The van der Waals surface area contributed by atoms with Crippen molar-refractivity contribution in [2.45, 2.75) is 57.5 Å². The number of piperidine rings is 1. The van der Waals surface area contributed by atoms with Crippen molar-refractivity contribution in [3.8, 4) is 0 Å². The molecule has 1 aromatic rings. The van der Waals surface area contributed by atoms with E-state index in [2.05, 4.69) is 33.5 Å². The van der Waals surface area contributed by atoms with Crippen molar-refractivity contribution in [3.05, 3.63) is 12.2 Å². The Labute approximate surface area is 121 Å². The summed E-state index contributed by atoms with van der Waals surface area (Å²) in [5.74, 6) is 1.72. The molecule has 5 nitrogen and oxygen atoms in total. The molecule has 0 radical (unpaired) electrons. The molecule has 2 fully saturated rings. The van der Waals surface area contributed by atoms with Gasteiger partial charge in [0.25, 0.3) is 0 Å². The molecule has 0 bridgehead atoms. The van der Waals surface area contributed by atoms with Crippen LogP contribution in [-0.2, 0) is 4.74 Å². The van der Waals surface area contributed by atoms with E-state index < -0.39 is 0 Å². The van der Waals surface area contributed by atoms with Crippen LogP contribution in [0.3, 0.4) is 0 Å². The molecule has 0 N–H and O–H groups in total. The van der Waals surface area contributed by atoms with Gasteiger partial charge in [-0.05, 0) is 46.1 Å². The van der Waals surface area contributed by atoms with Gasteiger partial charge in [-0.1, -0.05) is 0 Å². The quantitative estimate of drug-likeness (QED) is 0.850. The average Bonchev–Trinajstić information content (AvgIpc) is 2.98. The molecule has 112 valence electrons. The van der Waals surface area contributed by atoms with Gasteiger partial charge in [-0.25, -0.2) is 0 Å². The molecule has 3 heterocycles. The van der Waals surface area contributed by atoms with Crippen molar-refractivity contribution >= 4 is 0 Å². The summed E-state index contributed by atoms with van der Waals surface area (Å²) in [7, 11) is 0. The Bertz CT molecular complexity index is 425. The molecule has 3 rings (SSSR count). The molecule has 0 aliphatic carbocycles. The highest BCUT2D eigenvalue weighted by molar-refractivity contribution is 5.01. The summed E-state index contributed by atoms with van der Waals surface area (Å²) >= 11 is 0. The van der Waals surface area contributed by atoms with Gasteiger partial charge in [0.2, 0.25) is 0 Å². The molecular weight excluding hydrogens is 252 g/mol. The standard InChI is InChI=1S/C15H26N4O/c1-12(2)19-11-16-17-15(19)13-4-3-7-18(10-13)14-5-8-20-9-6-14/h11-14H,3-10H2,1-2H3/t13-/m0/s1. The Hall–Kier alpha value is -0.940. The highest BCUT2D eigenvalue weighted by atomic mass is 16.5. The number of hydrogen-bond acceptors (Lipinski definition) is 4. The number of hydrogen-bond donors (Lipinski definition) is 0. The van der Waals surface area contributed by atoms with Gasteiger partial charge >= 0.3 is 0 Å². The zero-order valence-corrected chi connectivity index (χ0v) is 12.7. The fraction of sp³-hybridized carbons (Fsp3) is 0.867. The van der Waals surface area contributed by atoms with E-state index in [1.165, 1.54) is 38.1 Å². The zero-order valence-electron chi connectivity index (χ0n) is 12.7. The second-order valence-electron chi connectivity index (χ2n) is 6.37. The monoisotopic (exact) mass is 278 g/mol. The number of rotatable bonds is 3. The summed E-state index contributed by atoms with van der Waals surface area (Å²) in [6, 6.07) is 1.15. The van der Waals surface area contributed by atoms with Gasteiger partial charge in [0.1, 0.15) is 12.2 Å². The Morgan fingerprint density at radius 3 is 2.80 bits per heavy atom. The smallest absolute Gasteiger partial charge is 0.137 e. The van der Waals surface area contributed by atoms with Crippen LogP contribution < -0.4 is 0 Å². The minimum Gasteiger partial charge on any atom is -0.381 e. The summed E-state index contributed by atoms with van der Waals surface area (Å²) in [4.78, 5) is 2.66. The molecule has 2 saturated heterocycles. The highest BCUT2D eigenvalue weighted by Gasteiger charge is 2.30. The van der Waals surface area contributed by atoms with Crippen molar-refractivity contribution in [1.29, 1.82) is 0 Å². The van der Waals surface area contributed by atoms with Crippen LogP contribution in [0.15, 0.2) is 6.33 Å². The fourth-order valence-corrected chi connectivity index (χ4v) is 3.54. The van der Waals surface area contributed by atoms with E-state index in [4.69, 9.17) is 4.74 Å². The van der Waals surface area contributed by atoms with Crippen LogP contribution in [-0.4, -0.2) is 52.0 Å². The molecule has 1 aromatic heterocycles. The third-order valence-electron chi connectivity index (χ3n) is 4.68. The van der Waals surface area contributed by atoms with Crippen molar-refractivity contribution in [2.24, 2.45) is 0 Å². The lowest BCUT2D eigenvalue weighted by atomic mass is 9.94. The van der Waals surface area contributed by atoms with E-state index >= 15 is 0 Å². The predicted octanol–water partition coefficient (Wildman–Crippen LogP) is 2.22. The number of likely N-dealkylation sites (tertiary alicyclic amines) is 1. The molecule has 0 spiro atoms. The van der Waals surface area contributed by atoms with E-state index in [0.717, 1.165) is 19.8 Å². The van der Waals surface area contributed by atoms with Gasteiger partial charge in [-0.3, -0.25) is 4.90 Å². The van der Waals surface area contributed by atoms with Gasteiger partial charge in [-0.2, -0.15) is 0 Å². The maximum atomic E-state index is 5.49. The average molecular weight is 278 g/mol. The third-order valence-corrected chi connectivity index (χ3v) is 4.68. The van der Waals surface area contributed by atoms with Crippen LogP contribution in [0.2, 0.25) is 0 Å². The largest absolute Gasteiger partial charge is 0.381 e. The van der Waals surface area contributed by atoms with E-state index in [1.807, 2.05) is 6.33 Å². The van der Waals surface area contributed by atoms with Crippen LogP contribution in [0.1, 0.15) is 57.3 Å². The summed E-state index contributed by atoms with van der Waals surface area (Å²) in [6.07, 6.45) is 6.76. The summed E-state index contributed by atoms with van der Waals surface area (Å²) in [5.41, 5.74) is 0. The maximum Gasteiger partial charge on any atom is 0.137 e. The van der Waals surface area contributed by atoms with Crippen LogP contribution in [0.25, 0.3) is 0 Å². The van der Waals surface area contributed by atoms with Crippen LogP contribution in [0, 0.1) is 0 Å². The number of nitrogens with zero attached hydrogens (tertiary/aromatic N) is 4. The zero-order chi connectivity index (χ0) is 13.9. The van der Waals surface area contributed by atoms with Gasteiger partial charge in [-0.15, -0.1) is 10.2 Å². The van der Waals surface area contributed by atoms with Crippen molar-refractivity contribution in [2.75, 3.05) is 26.3 Å². The van der Waals surface area contributed by atoms with E-state index in [-0.39, 0.29) is 0 Å². The molecule has 20 heavy (non-hydrogen) atoms.